The van der Waals surface area contributed by atoms with Gasteiger partial charge < -0.3 is 0 Å². The lowest BCUT2D eigenvalue weighted by molar-refractivity contribution is 1.28. The quantitative estimate of drug-likeness (QED) is 0.718. The van der Waals surface area contributed by atoms with Crippen LogP contribution in [-0.2, 0) is 11.5 Å². The van der Waals surface area contributed by atoms with Gasteiger partial charge in [-0.15, -0.1) is 0 Å². The van der Waals surface area contributed by atoms with Gasteiger partial charge in [0.1, 0.15) is 0 Å². The van der Waals surface area contributed by atoms with Crippen molar-refractivity contribution in [3.8, 4) is 0 Å². The summed E-state index contributed by atoms with van der Waals surface area (Å²) in [6.45, 7) is 6.63. The highest BCUT2D eigenvalue weighted by molar-refractivity contribution is 7.98. The molecule has 0 aromatic heterocycles. The number of aryl methyl sites for hydroxylation is 1. The summed E-state index contributed by atoms with van der Waals surface area (Å²) >= 11 is 3.99. The molecule has 0 aliphatic carbocycles. The molecule has 0 saturated heterocycles. The maximum Gasteiger partial charge on any atom is 0.0184 e. The van der Waals surface area contributed by atoms with Gasteiger partial charge in [-0.05, 0) is 29.6 Å². The molecule has 1 aromatic rings. The van der Waals surface area contributed by atoms with E-state index >= 15 is 0 Å². The molecule has 0 nitrogen and oxygen atoms in total. The van der Waals surface area contributed by atoms with Gasteiger partial charge in [0.15, 0.2) is 0 Å². The molecule has 84 valence electrons. The Morgan fingerprint density at radius 1 is 0.867 bits per heavy atom. The van der Waals surface area contributed by atoms with E-state index in [1.54, 1.807) is 0 Å². The number of benzene rings is 1. The molecule has 1 aromatic carbocycles. The third kappa shape index (κ3) is 4.98. The van der Waals surface area contributed by atoms with Crippen LogP contribution in [-0.4, -0.2) is 11.5 Å². The molecular formula is C13H20S2. The molecule has 0 aliphatic heterocycles. The summed E-state index contributed by atoms with van der Waals surface area (Å²) in [5, 5.41) is 0. The molecule has 0 aliphatic rings. The van der Waals surface area contributed by atoms with Crippen molar-refractivity contribution < 1.29 is 0 Å². The second kappa shape index (κ2) is 7.24. The minimum Gasteiger partial charge on any atom is -0.157 e. The van der Waals surface area contributed by atoms with Gasteiger partial charge in [-0.1, -0.05) is 37.6 Å². The standard InChI is InChI=1S/C13H20S2/c1-4-14-9-12-6-11(3)7-13(8-12)10-15-5-2/h6-8H,4-5,9-10H2,1-3H3. The molecule has 0 radical (unpaired) electrons. The molecule has 0 heterocycles. The van der Waals surface area contributed by atoms with Gasteiger partial charge in [-0.3, -0.25) is 0 Å². The highest BCUT2D eigenvalue weighted by Gasteiger charge is 1.99. The second-order valence-corrected chi connectivity index (χ2v) is 6.15. The monoisotopic (exact) mass is 240 g/mol. The topological polar surface area (TPSA) is 0 Å². The summed E-state index contributed by atoms with van der Waals surface area (Å²) in [4.78, 5) is 0. The van der Waals surface area contributed by atoms with Crippen LogP contribution in [0.1, 0.15) is 30.5 Å². The van der Waals surface area contributed by atoms with E-state index in [9.17, 15) is 0 Å². The van der Waals surface area contributed by atoms with Crippen molar-refractivity contribution in [2.45, 2.75) is 32.3 Å². The summed E-state index contributed by atoms with van der Waals surface area (Å²) in [6.07, 6.45) is 0. The van der Waals surface area contributed by atoms with Crippen molar-refractivity contribution in [2.75, 3.05) is 11.5 Å². The maximum atomic E-state index is 2.36. The lowest BCUT2D eigenvalue weighted by atomic mass is 10.1. The predicted molar refractivity (Wildman–Crippen MR) is 74.9 cm³/mol. The van der Waals surface area contributed by atoms with Crippen LogP contribution in [0, 0.1) is 6.92 Å². The van der Waals surface area contributed by atoms with Gasteiger partial charge in [0.25, 0.3) is 0 Å². The van der Waals surface area contributed by atoms with E-state index in [1.165, 1.54) is 28.2 Å². The zero-order valence-corrected chi connectivity index (χ0v) is 11.5. The lowest BCUT2D eigenvalue weighted by Crippen LogP contribution is -1.89. The number of hydrogen-bond acceptors (Lipinski definition) is 2. The minimum absolute atomic E-state index is 1.15. The Morgan fingerprint density at radius 3 is 1.73 bits per heavy atom. The van der Waals surface area contributed by atoms with Crippen LogP contribution < -0.4 is 0 Å². The van der Waals surface area contributed by atoms with Crippen molar-refractivity contribution >= 4 is 23.5 Å². The third-order valence-electron chi connectivity index (χ3n) is 2.14. The van der Waals surface area contributed by atoms with Crippen molar-refractivity contribution in [3.05, 3.63) is 34.9 Å². The first-order chi connectivity index (χ1) is 7.26. The Kier molecular flexibility index (Phi) is 6.26. The Bertz CT molecular complexity index is 268. The average Bonchev–Trinajstić information content (AvgIpc) is 2.23. The van der Waals surface area contributed by atoms with E-state index in [2.05, 4.69) is 39.0 Å². The van der Waals surface area contributed by atoms with Gasteiger partial charge >= 0.3 is 0 Å². The Balaban J connectivity index is 2.66. The molecule has 0 atom stereocenters. The zero-order valence-electron chi connectivity index (χ0n) is 9.88. The average molecular weight is 240 g/mol. The van der Waals surface area contributed by atoms with Crippen LogP contribution in [0.5, 0.6) is 0 Å². The maximum absolute atomic E-state index is 2.36. The van der Waals surface area contributed by atoms with Gasteiger partial charge in [0.05, 0.1) is 0 Å². The number of hydrogen-bond donors (Lipinski definition) is 0. The van der Waals surface area contributed by atoms with Crippen LogP contribution >= 0.6 is 23.5 Å². The SMILES string of the molecule is CCSCc1cc(C)cc(CSCC)c1. The fourth-order valence-corrected chi connectivity index (χ4v) is 2.77. The molecule has 0 amide bonds. The normalized spacial score (nSPS) is 10.6. The summed E-state index contributed by atoms with van der Waals surface area (Å²) in [5.41, 5.74) is 4.36. The van der Waals surface area contributed by atoms with E-state index in [-0.39, 0.29) is 0 Å². The predicted octanol–water partition coefficient (Wildman–Crippen LogP) is 4.50. The van der Waals surface area contributed by atoms with Crippen LogP contribution in [0.4, 0.5) is 0 Å². The Labute approximate surface area is 102 Å². The molecule has 1 rings (SSSR count). The van der Waals surface area contributed by atoms with Crippen molar-refractivity contribution in [3.63, 3.8) is 0 Å². The van der Waals surface area contributed by atoms with Crippen LogP contribution in [0.2, 0.25) is 0 Å². The number of thioether (sulfide) groups is 2. The minimum atomic E-state index is 1.15. The highest BCUT2D eigenvalue weighted by atomic mass is 32.2. The molecule has 0 fully saturated rings. The van der Waals surface area contributed by atoms with E-state index in [4.69, 9.17) is 0 Å². The molecule has 2 heteroatoms. The van der Waals surface area contributed by atoms with Crippen molar-refractivity contribution in [1.29, 1.82) is 0 Å². The first kappa shape index (κ1) is 13.0. The van der Waals surface area contributed by atoms with Crippen LogP contribution in [0.3, 0.4) is 0 Å². The second-order valence-electron chi connectivity index (χ2n) is 3.60. The summed E-state index contributed by atoms with van der Waals surface area (Å²) < 4.78 is 0. The summed E-state index contributed by atoms with van der Waals surface area (Å²) in [7, 11) is 0. The van der Waals surface area contributed by atoms with E-state index < -0.39 is 0 Å². The third-order valence-corrected chi connectivity index (χ3v) is 4.03. The van der Waals surface area contributed by atoms with E-state index in [0.29, 0.717) is 0 Å². The largest absolute Gasteiger partial charge is 0.157 e. The fourth-order valence-electron chi connectivity index (χ4n) is 1.55. The molecule has 0 N–H and O–H groups in total. The fraction of sp³-hybridized carbons (Fsp3) is 0.538. The van der Waals surface area contributed by atoms with Crippen molar-refractivity contribution in [2.24, 2.45) is 0 Å². The molecule has 15 heavy (non-hydrogen) atoms. The van der Waals surface area contributed by atoms with Gasteiger partial charge in [0.2, 0.25) is 0 Å². The van der Waals surface area contributed by atoms with Crippen molar-refractivity contribution in [1.82, 2.24) is 0 Å². The van der Waals surface area contributed by atoms with Gasteiger partial charge in [-0.25, -0.2) is 0 Å². The molecule has 0 spiro atoms. The van der Waals surface area contributed by atoms with Gasteiger partial charge in [0, 0.05) is 11.5 Å². The molecule has 0 saturated carbocycles. The molecule has 0 unspecified atom stereocenters. The zero-order chi connectivity index (χ0) is 11.1. The number of rotatable bonds is 6. The first-order valence-corrected chi connectivity index (χ1v) is 7.82. The smallest absolute Gasteiger partial charge is 0.0184 e. The molecular weight excluding hydrogens is 220 g/mol. The lowest BCUT2D eigenvalue weighted by Gasteiger charge is -2.06. The van der Waals surface area contributed by atoms with E-state index in [0.717, 1.165) is 11.5 Å². The first-order valence-electron chi connectivity index (χ1n) is 5.51. The van der Waals surface area contributed by atoms with Gasteiger partial charge in [-0.2, -0.15) is 23.5 Å². The Morgan fingerprint density at radius 2 is 1.33 bits per heavy atom. The molecule has 0 bridgehead atoms. The highest BCUT2D eigenvalue weighted by Crippen LogP contribution is 2.19. The Hall–Kier alpha value is -0.0800. The van der Waals surface area contributed by atoms with Crippen LogP contribution in [0.15, 0.2) is 18.2 Å². The van der Waals surface area contributed by atoms with E-state index in [1.807, 2.05) is 23.5 Å². The summed E-state index contributed by atoms with van der Waals surface area (Å²) in [5.74, 6) is 4.71. The summed E-state index contributed by atoms with van der Waals surface area (Å²) in [6, 6.07) is 6.98. The van der Waals surface area contributed by atoms with Crippen LogP contribution in [0.25, 0.3) is 0 Å².